The number of nitrogens with one attached hydrogen (secondary N) is 2. The second-order valence-electron chi connectivity index (χ2n) is 7.03. The zero-order valence-corrected chi connectivity index (χ0v) is 19.1. The summed E-state index contributed by atoms with van der Waals surface area (Å²) >= 11 is 6.22. The van der Waals surface area contributed by atoms with Crippen LogP contribution in [0.5, 0.6) is 11.5 Å². The van der Waals surface area contributed by atoms with Crippen LogP contribution in [0.25, 0.3) is 10.9 Å². The number of benzene rings is 2. The van der Waals surface area contributed by atoms with Gasteiger partial charge in [-0.25, -0.2) is 14.8 Å². The standard InChI is InChI=1S/C22H25ClN4O6/c1-31-18-5-4-12(6-16(18)23)9-24-21-15-8-17(27-22(30)33-3)20(32-2)14(7-13(29)10-28)19(15)25-11-26-21/h4-6,8,11,13,28-29H,7,9-10H2,1-3H3,(H,27,30)(H,24,25,26). The van der Waals surface area contributed by atoms with E-state index in [1.54, 1.807) is 25.3 Å². The van der Waals surface area contributed by atoms with Crippen molar-refractivity contribution in [3.63, 3.8) is 0 Å². The molecule has 0 fully saturated rings. The molecule has 4 N–H and O–H groups in total. The van der Waals surface area contributed by atoms with Crippen LogP contribution in [-0.2, 0) is 17.7 Å². The highest BCUT2D eigenvalue weighted by atomic mass is 35.5. The van der Waals surface area contributed by atoms with Gasteiger partial charge in [0.2, 0.25) is 0 Å². The van der Waals surface area contributed by atoms with Crippen molar-refractivity contribution in [2.75, 3.05) is 38.6 Å². The molecule has 0 spiro atoms. The molecule has 3 rings (SSSR count). The van der Waals surface area contributed by atoms with Gasteiger partial charge in [-0.15, -0.1) is 0 Å². The minimum Gasteiger partial charge on any atom is -0.495 e. The van der Waals surface area contributed by atoms with E-state index >= 15 is 0 Å². The second-order valence-corrected chi connectivity index (χ2v) is 7.44. The molecule has 11 heteroatoms. The lowest BCUT2D eigenvalue weighted by atomic mass is 10.0. The molecule has 176 valence electrons. The molecule has 1 atom stereocenters. The molecule has 0 aliphatic heterocycles. The van der Waals surface area contributed by atoms with Gasteiger partial charge in [-0.05, 0) is 23.8 Å². The summed E-state index contributed by atoms with van der Waals surface area (Å²) in [6, 6.07) is 7.09. The number of amides is 1. The molecule has 3 aromatic rings. The first kappa shape index (κ1) is 24.3. The van der Waals surface area contributed by atoms with Crippen molar-refractivity contribution in [3.8, 4) is 11.5 Å². The number of ether oxygens (including phenoxy) is 3. The lowest BCUT2D eigenvalue weighted by Crippen LogP contribution is -2.18. The fraction of sp³-hybridized carbons (Fsp3) is 0.318. The SMILES string of the molecule is COC(=O)Nc1cc2c(NCc3ccc(OC)c(Cl)c3)ncnc2c(CC(O)CO)c1OC. The number of carbonyl (C=O) groups is 1. The Morgan fingerprint density at radius 1 is 1.18 bits per heavy atom. The first-order valence-corrected chi connectivity index (χ1v) is 10.3. The van der Waals surface area contributed by atoms with E-state index in [9.17, 15) is 15.0 Å². The van der Waals surface area contributed by atoms with Crippen molar-refractivity contribution in [1.82, 2.24) is 9.97 Å². The molecule has 0 saturated heterocycles. The van der Waals surface area contributed by atoms with Crippen LogP contribution in [0.3, 0.4) is 0 Å². The maximum absolute atomic E-state index is 11.9. The number of hydrogen-bond donors (Lipinski definition) is 4. The zero-order chi connectivity index (χ0) is 24.0. The van der Waals surface area contributed by atoms with Crippen LogP contribution in [0.2, 0.25) is 5.02 Å². The Labute approximate surface area is 195 Å². The molecule has 2 aromatic carbocycles. The highest BCUT2D eigenvalue weighted by Gasteiger charge is 2.21. The Hall–Kier alpha value is -3.34. The third-order valence-corrected chi connectivity index (χ3v) is 5.23. The van der Waals surface area contributed by atoms with Crippen LogP contribution >= 0.6 is 11.6 Å². The quantitative estimate of drug-likeness (QED) is 0.367. The fourth-order valence-electron chi connectivity index (χ4n) is 3.38. The Morgan fingerprint density at radius 3 is 2.61 bits per heavy atom. The van der Waals surface area contributed by atoms with Gasteiger partial charge in [-0.2, -0.15) is 0 Å². The summed E-state index contributed by atoms with van der Waals surface area (Å²) in [4.78, 5) is 20.6. The molecule has 0 aliphatic carbocycles. The van der Waals surface area contributed by atoms with Gasteiger partial charge < -0.3 is 29.7 Å². The van der Waals surface area contributed by atoms with E-state index in [-0.39, 0.29) is 6.42 Å². The molecular weight excluding hydrogens is 452 g/mol. The first-order chi connectivity index (χ1) is 15.9. The Morgan fingerprint density at radius 2 is 1.97 bits per heavy atom. The van der Waals surface area contributed by atoms with Gasteiger partial charge in [-0.1, -0.05) is 17.7 Å². The monoisotopic (exact) mass is 476 g/mol. The van der Waals surface area contributed by atoms with E-state index in [0.717, 1.165) is 5.56 Å². The van der Waals surface area contributed by atoms with Crippen molar-refractivity contribution >= 4 is 40.1 Å². The predicted molar refractivity (Wildman–Crippen MR) is 124 cm³/mol. The number of aliphatic hydroxyl groups excluding tert-OH is 2. The van der Waals surface area contributed by atoms with Gasteiger partial charge in [0.05, 0.1) is 50.3 Å². The van der Waals surface area contributed by atoms with Gasteiger partial charge in [-0.3, -0.25) is 5.32 Å². The van der Waals surface area contributed by atoms with E-state index in [4.69, 9.17) is 25.8 Å². The van der Waals surface area contributed by atoms with Crippen molar-refractivity contribution in [1.29, 1.82) is 0 Å². The normalized spacial score (nSPS) is 11.7. The highest BCUT2D eigenvalue weighted by Crippen LogP contribution is 2.38. The lowest BCUT2D eigenvalue weighted by Gasteiger charge is -2.19. The Bertz CT molecular complexity index is 1140. The third-order valence-electron chi connectivity index (χ3n) is 4.93. The minimum absolute atomic E-state index is 0.0391. The van der Waals surface area contributed by atoms with Crippen molar-refractivity contribution in [3.05, 3.63) is 46.7 Å². The van der Waals surface area contributed by atoms with E-state index in [2.05, 4.69) is 20.6 Å². The maximum atomic E-state index is 11.9. The number of methoxy groups -OCH3 is 3. The van der Waals surface area contributed by atoms with E-state index in [0.29, 0.717) is 51.0 Å². The van der Waals surface area contributed by atoms with Crippen LogP contribution in [0.1, 0.15) is 11.1 Å². The van der Waals surface area contributed by atoms with E-state index in [1.807, 2.05) is 6.07 Å². The van der Waals surface area contributed by atoms with Crippen LogP contribution in [-0.4, -0.2) is 60.3 Å². The smallest absolute Gasteiger partial charge is 0.411 e. The molecular formula is C22H25ClN4O6. The van der Waals surface area contributed by atoms with Crippen LogP contribution in [0, 0.1) is 0 Å². The Balaban J connectivity index is 2.06. The molecule has 33 heavy (non-hydrogen) atoms. The summed E-state index contributed by atoms with van der Waals surface area (Å²) in [5.41, 5.74) is 2.20. The summed E-state index contributed by atoms with van der Waals surface area (Å²) in [5, 5.41) is 26.4. The highest BCUT2D eigenvalue weighted by molar-refractivity contribution is 6.32. The van der Waals surface area contributed by atoms with E-state index < -0.39 is 18.8 Å². The number of carbonyl (C=O) groups excluding carboxylic acids is 1. The average molecular weight is 477 g/mol. The van der Waals surface area contributed by atoms with Gasteiger partial charge in [0.1, 0.15) is 23.6 Å². The fourth-order valence-corrected chi connectivity index (χ4v) is 3.66. The number of aromatic nitrogens is 2. The number of rotatable bonds is 9. The molecule has 1 amide bonds. The van der Waals surface area contributed by atoms with Crippen molar-refractivity contribution in [2.24, 2.45) is 0 Å². The van der Waals surface area contributed by atoms with E-state index in [1.165, 1.54) is 20.5 Å². The van der Waals surface area contributed by atoms with Crippen molar-refractivity contribution < 1.29 is 29.2 Å². The summed E-state index contributed by atoms with van der Waals surface area (Å²) in [6.07, 6.45) is -0.325. The molecule has 1 heterocycles. The zero-order valence-electron chi connectivity index (χ0n) is 18.4. The molecule has 1 aromatic heterocycles. The van der Waals surface area contributed by atoms with Crippen molar-refractivity contribution in [2.45, 2.75) is 19.1 Å². The molecule has 0 saturated carbocycles. The molecule has 1 unspecified atom stereocenters. The summed E-state index contributed by atoms with van der Waals surface area (Å²) in [5.74, 6) is 1.36. The van der Waals surface area contributed by atoms with Gasteiger partial charge >= 0.3 is 6.09 Å². The number of aliphatic hydroxyl groups is 2. The summed E-state index contributed by atoms with van der Waals surface area (Å²) < 4.78 is 15.4. The van der Waals surface area contributed by atoms with Gasteiger partial charge in [0.25, 0.3) is 0 Å². The minimum atomic E-state index is -1.05. The summed E-state index contributed by atoms with van der Waals surface area (Å²) in [6.45, 7) is -0.0516. The van der Waals surface area contributed by atoms with Gasteiger partial charge in [0, 0.05) is 23.9 Å². The van der Waals surface area contributed by atoms with Gasteiger partial charge in [0.15, 0.2) is 0 Å². The van der Waals surface area contributed by atoms with Crippen LogP contribution < -0.4 is 20.1 Å². The number of fused-ring (bicyclic) bond motifs is 1. The molecule has 10 nitrogen and oxygen atoms in total. The largest absolute Gasteiger partial charge is 0.495 e. The second kappa shape index (κ2) is 11.0. The number of nitrogens with zero attached hydrogens (tertiary/aromatic N) is 2. The van der Waals surface area contributed by atoms with Crippen LogP contribution in [0.15, 0.2) is 30.6 Å². The average Bonchev–Trinajstić information content (AvgIpc) is 2.82. The predicted octanol–water partition coefficient (Wildman–Crippen LogP) is 2.99. The molecule has 0 radical (unpaired) electrons. The third kappa shape index (κ3) is 5.54. The molecule has 0 aliphatic rings. The maximum Gasteiger partial charge on any atom is 0.411 e. The lowest BCUT2D eigenvalue weighted by molar-refractivity contribution is 0.0952. The number of anilines is 2. The first-order valence-electron chi connectivity index (χ1n) is 9.96. The number of hydrogen-bond acceptors (Lipinski definition) is 9. The molecule has 0 bridgehead atoms. The Kier molecular flexibility index (Phi) is 8.10. The topological polar surface area (TPSA) is 135 Å². The van der Waals surface area contributed by atoms with Crippen LogP contribution in [0.4, 0.5) is 16.3 Å². The summed E-state index contributed by atoms with van der Waals surface area (Å²) in [7, 11) is 4.23. The number of halogens is 1.